The molecule has 8 heteroatoms. The lowest BCUT2D eigenvalue weighted by atomic mass is 10.3. The summed E-state index contributed by atoms with van der Waals surface area (Å²) in [7, 11) is 1.32. The number of alkyl halides is 3. The van der Waals surface area contributed by atoms with Crippen LogP contribution in [0.15, 0.2) is 24.3 Å². The fourth-order valence-electron chi connectivity index (χ4n) is 1.20. The second-order valence-electron chi connectivity index (χ2n) is 3.90. The molecule has 0 saturated carbocycles. The standard InChI is InChI=1S/C12H13ClF3NO3/c1-17(11(18)20-8-12(14,15)16)5-6-19-10-4-2-3-9(13)7-10/h2-4,7H,5-6,8H2,1H3. The number of hydrogen-bond donors (Lipinski definition) is 0. The van der Waals surface area contributed by atoms with Crippen molar-refractivity contribution in [1.82, 2.24) is 4.90 Å². The summed E-state index contributed by atoms with van der Waals surface area (Å²) in [4.78, 5) is 12.2. The second-order valence-corrected chi connectivity index (χ2v) is 4.33. The largest absolute Gasteiger partial charge is 0.492 e. The molecule has 0 aromatic heterocycles. The van der Waals surface area contributed by atoms with Crippen molar-refractivity contribution in [2.45, 2.75) is 6.18 Å². The molecule has 0 N–H and O–H groups in total. The van der Waals surface area contributed by atoms with Gasteiger partial charge in [-0.1, -0.05) is 17.7 Å². The lowest BCUT2D eigenvalue weighted by molar-refractivity contribution is -0.162. The van der Waals surface area contributed by atoms with Crippen molar-refractivity contribution >= 4 is 17.7 Å². The van der Waals surface area contributed by atoms with E-state index < -0.39 is 18.9 Å². The summed E-state index contributed by atoms with van der Waals surface area (Å²) in [6, 6.07) is 6.63. The van der Waals surface area contributed by atoms with Gasteiger partial charge in [0.15, 0.2) is 6.61 Å². The van der Waals surface area contributed by atoms with Gasteiger partial charge in [0.2, 0.25) is 0 Å². The Labute approximate surface area is 119 Å². The molecular formula is C12H13ClF3NO3. The van der Waals surface area contributed by atoms with E-state index in [0.29, 0.717) is 10.8 Å². The second kappa shape index (κ2) is 7.23. The molecule has 0 heterocycles. The zero-order valence-corrected chi connectivity index (χ0v) is 11.4. The van der Waals surface area contributed by atoms with Crippen LogP contribution in [0.1, 0.15) is 0 Å². The average molecular weight is 312 g/mol. The molecule has 0 saturated heterocycles. The SMILES string of the molecule is CN(CCOc1cccc(Cl)c1)C(=O)OCC(F)(F)F. The Morgan fingerprint density at radius 1 is 1.40 bits per heavy atom. The van der Waals surface area contributed by atoms with E-state index in [1.807, 2.05) is 0 Å². The maximum atomic E-state index is 11.9. The van der Waals surface area contributed by atoms with Crippen LogP contribution in [0.5, 0.6) is 5.75 Å². The molecule has 0 radical (unpaired) electrons. The molecule has 1 aromatic carbocycles. The predicted octanol–water partition coefficient (Wildman–Crippen LogP) is 3.35. The monoisotopic (exact) mass is 311 g/mol. The smallest absolute Gasteiger partial charge is 0.422 e. The summed E-state index contributed by atoms with van der Waals surface area (Å²) in [5, 5.41) is 0.500. The van der Waals surface area contributed by atoms with Gasteiger partial charge in [0.05, 0.1) is 6.54 Å². The molecule has 1 aromatic rings. The topological polar surface area (TPSA) is 38.8 Å². The molecule has 1 rings (SSSR count). The summed E-state index contributed by atoms with van der Waals surface area (Å²) < 4.78 is 44.9. The third kappa shape index (κ3) is 6.51. The van der Waals surface area contributed by atoms with Crippen LogP contribution in [0, 0.1) is 0 Å². The molecule has 0 aliphatic carbocycles. The molecule has 0 aliphatic heterocycles. The van der Waals surface area contributed by atoms with Crippen molar-refractivity contribution in [2.24, 2.45) is 0 Å². The third-order valence-corrected chi connectivity index (χ3v) is 2.40. The number of carbonyl (C=O) groups is 1. The number of benzene rings is 1. The van der Waals surface area contributed by atoms with Crippen LogP contribution in [0.3, 0.4) is 0 Å². The maximum absolute atomic E-state index is 11.9. The van der Waals surface area contributed by atoms with Crippen LogP contribution in [-0.4, -0.2) is 44.0 Å². The van der Waals surface area contributed by atoms with E-state index in [1.165, 1.54) is 7.05 Å². The van der Waals surface area contributed by atoms with Gasteiger partial charge < -0.3 is 14.4 Å². The zero-order valence-electron chi connectivity index (χ0n) is 10.6. The summed E-state index contributed by atoms with van der Waals surface area (Å²) in [6.45, 7) is -1.41. The number of ether oxygens (including phenoxy) is 2. The Morgan fingerprint density at radius 2 is 2.10 bits per heavy atom. The molecule has 0 fully saturated rings. The van der Waals surface area contributed by atoms with Crippen LogP contribution in [0.4, 0.5) is 18.0 Å². The molecule has 20 heavy (non-hydrogen) atoms. The van der Waals surface area contributed by atoms with E-state index in [1.54, 1.807) is 24.3 Å². The van der Waals surface area contributed by atoms with E-state index in [4.69, 9.17) is 16.3 Å². The van der Waals surface area contributed by atoms with Crippen LogP contribution < -0.4 is 4.74 Å². The van der Waals surface area contributed by atoms with E-state index in [0.717, 1.165) is 4.90 Å². The summed E-state index contributed by atoms with van der Waals surface area (Å²) in [5.74, 6) is 0.509. The lowest BCUT2D eigenvalue weighted by Crippen LogP contribution is -2.33. The molecular weight excluding hydrogens is 299 g/mol. The first kappa shape index (κ1) is 16.4. The number of likely N-dealkylation sites (N-methyl/N-ethyl adjacent to an activating group) is 1. The summed E-state index contributed by atoms with van der Waals surface area (Å²) in [6.07, 6.45) is -5.59. The van der Waals surface area contributed by atoms with Crippen molar-refractivity contribution in [3.8, 4) is 5.75 Å². The van der Waals surface area contributed by atoms with Crippen molar-refractivity contribution in [1.29, 1.82) is 0 Å². The van der Waals surface area contributed by atoms with Crippen LogP contribution >= 0.6 is 11.6 Å². The van der Waals surface area contributed by atoms with Gasteiger partial charge >= 0.3 is 12.3 Å². The fraction of sp³-hybridized carbons (Fsp3) is 0.417. The van der Waals surface area contributed by atoms with Crippen molar-refractivity contribution in [2.75, 3.05) is 26.8 Å². The number of carbonyl (C=O) groups excluding carboxylic acids is 1. The number of amides is 1. The molecule has 0 unspecified atom stereocenters. The highest BCUT2D eigenvalue weighted by Crippen LogP contribution is 2.17. The van der Waals surface area contributed by atoms with Gasteiger partial charge in [-0.3, -0.25) is 0 Å². The number of rotatable bonds is 5. The molecule has 0 bridgehead atoms. The summed E-state index contributed by atoms with van der Waals surface area (Å²) in [5.41, 5.74) is 0. The third-order valence-electron chi connectivity index (χ3n) is 2.16. The molecule has 0 spiro atoms. The molecule has 112 valence electrons. The Hall–Kier alpha value is -1.63. The zero-order chi connectivity index (χ0) is 15.2. The Bertz CT molecular complexity index is 454. The van der Waals surface area contributed by atoms with E-state index in [9.17, 15) is 18.0 Å². The quantitative estimate of drug-likeness (QED) is 0.837. The van der Waals surface area contributed by atoms with Gasteiger partial charge in [-0.05, 0) is 18.2 Å². The van der Waals surface area contributed by atoms with Crippen LogP contribution in [-0.2, 0) is 4.74 Å². The maximum Gasteiger partial charge on any atom is 0.422 e. The van der Waals surface area contributed by atoms with Gasteiger partial charge in [-0.15, -0.1) is 0 Å². The Kier molecular flexibility index (Phi) is 5.94. The molecule has 4 nitrogen and oxygen atoms in total. The highest BCUT2D eigenvalue weighted by atomic mass is 35.5. The van der Waals surface area contributed by atoms with Gasteiger partial charge in [0.1, 0.15) is 12.4 Å². The van der Waals surface area contributed by atoms with Gasteiger partial charge in [0, 0.05) is 12.1 Å². The van der Waals surface area contributed by atoms with E-state index >= 15 is 0 Å². The number of halogens is 4. The first-order valence-electron chi connectivity index (χ1n) is 5.61. The van der Waals surface area contributed by atoms with Crippen molar-refractivity contribution in [3.05, 3.63) is 29.3 Å². The first-order valence-corrected chi connectivity index (χ1v) is 5.99. The highest BCUT2D eigenvalue weighted by Gasteiger charge is 2.30. The van der Waals surface area contributed by atoms with Gasteiger partial charge in [0.25, 0.3) is 0 Å². The summed E-state index contributed by atoms with van der Waals surface area (Å²) >= 11 is 5.75. The minimum atomic E-state index is -4.53. The predicted molar refractivity (Wildman–Crippen MR) is 67.0 cm³/mol. The lowest BCUT2D eigenvalue weighted by Gasteiger charge is -2.17. The van der Waals surface area contributed by atoms with Crippen LogP contribution in [0.25, 0.3) is 0 Å². The molecule has 0 aliphatic rings. The number of hydrogen-bond acceptors (Lipinski definition) is 3. The average Bonchev–Trinajstić information content (AvgIpc) is 2.35. The van der Waals surface area contributed by atoms with Crippen molar-refractivity contribution < 1.29 is 27.4 Å². The Morgan fingerprint density at radius 3 is 2.70 bits per heavy atom. The van der Waals surface area contributed by atoms with E-state index in [-0.39, 0.29) is 13.2 Å². The number of nitrogens with zero attached hydrogens (tertiary/aromatic N) is 1. The van der Waals surface area contributed by atoms with Crippen molar-refractivity contribution in [3.63, 3.8) is 0 Å². The minimum absolute atomic E-state index is 0.0865. The first-order chi connectivity index (χ1) is 9.28. The van der Waals surface area contributed by atoms with E-state index in [2.05, 4.69) is 4.74 Å². The van der Waals surface area contributed by atoms with Gasteiger partial charge in [-0.25, -0.2) is 4.79 Å². The fourth-order valence-corrected chi connectivity index (χ4v) is 1.38. The van der Waals surface area contributed by atoms with Crippen LogP contribution in [0.2, 0.25) is 5.02 Å². The minimum Gasteiger partial charge on any atom is -0.492 e. The Balaban J connectivity index is 2.29. The van der Waals surface area contributed by atoms with Gasteiger partial charge in [-0.2, -0.15) is 13.2 Å². The molecule has 1 amide bonds. The molecule has 0 atom stereocenters. The normalized spacial score (nSPS) is 11.1. The highest BCUT2D eigenvalue weighted by molar-refractivity contribution is 6.30.